The van der Waals surface area contributed by atoms with Crippen LogP contribution in [0.5, 0.6) is 0 Å². The van der Waals surface area contributed by atoms with E-state index in [4.69, 9.17) is 9.57 Å². The maximum Gasteiger partial charge on any atom is 0.533 e. The topological polar surface area (TPSA) is 93.1 Å². The third-order valence-electron chi connectivity index (χ3n) is 7.65. The van der Waals surface area contributed by atoms with E-state index >= 15 is 0 Å². The molecule has 63 heavy (non-hydrogen) atoms. The van der Waals surface area contributed by atoms with Crippen molar-refractivity contribution in [3.63, 3.8) is 0 Å². The second-order valence-electron chi connectivity index (χ2n) is 12.7. The van der Waals surface area contributed by atoms with E-state index in [1.54, 1.807) is 0 Å². The Labute approximate surface area is 415 Å². The second-order valence-corrected chi connectivity index (χ2v) is 12.7. The number of carbonyl (C=O) groups is 3. The van der Waals surface area contributed by atoms with Crippen molar-refractivity contribution in [3.05, 3.63) is 127 Å². The van der Waals surface area contributed by atoms with Crippen LogP contribution >= 0.6 is 24.0 Å². The predicted molar refractivity (Wildman–Crippen MR) is 279 cm³/mol. The van der Waals surface area contributed by atoms with Crippen LogP contribution in [0.2, 0.25) is 0 Å². The van der Waals surface area contributed by atoms with Gasteiger partial charge in [-0.1, -0.05) is 239 Å². The van der Waals surface area contributed by atoms with Gasteiger partial charge in [-0.2, -0.15) is 0 Å². The van der Waals surface area contributed by atoms with Gasteiger partial charge in [0.15, 0.2) is 0 Å². The third kappa shape index (κ3) is 23.9. The Morgan fingerprint density at radius 2 is 0.762 bits per heavy atom. The maximum absolute atomic E-state index is 11.9. The van der Waals surface area contributed by atoms with E-state index in [0.717, 1.165) is 22.3 Å². The molecule has 0 unspecified atom stereocenters. The minimum absolute atomic E-state index is 0. The van der Waals surface area contributed by atoms with Gasteiger partial charge < -0.3 is 17.3 Å². The van der Waals surface area contributed by atoms with E-state index in [1.807, 2.05) is 116 Å². The number of amides is 2. The van der Waals surface area contributed by atoms with E-state index < -0.39 is 18.0 Å². The fraction of sp³-hybridized carbons (Fsp3) is 0.481. The van der Waals surface area contributed by atoms with Crippen LogP contribution in [0, 0.1) is 7.43 Å². The van der Waals surface area contributed by atoms with Crippen LogP contribution in [0.25, 0.3) is 22.3 Å². The molecule has 3 aliphatic rings. The number of halogens is 1. The van der Waals surface area contributed by atoms with E-state index in [-0.39, 0.29) is 87.9 Å². The molecule has 1 fully saturated rings. The average Bonchev–Trinajstić information content (AvgIpc) is 3.92. The van der Waals surface area contributed by atoms with Crippen LogP contribution in [-0.4, -0.2) is 41.4 Å². The fourth-order valence-corrected chi connectivity index (χ4v) is 5.81. The number of aliphatic hydroxyl groups excluding tert-OH is 1. The summed E-state index contributed by atoms with van der Waals surface area (Å²) >= 11 is 0. The van der Waals surface area contributed by atoms with Crippen molar-refractivity contribution >= 4 is 41.9 Å². The molecule has 4 aromatic rings. The van der Waals surface area contributed by atoms with E-state index in [1.165, 1.54) is 47.9 Å². The molecule has 1 saturated heterocycles. The summed E-state index contributed by atoms with van der Waals surface area (Å²) in [5.74, 6) is -1.00. The molecule has 0 atom stereocenters. The zero-order valence-corrected chi connectivity index (χ0v) is 46.1. The Balaban J connectivity index is -0.000000184. The number of fused-ring (bicyclic) bond motifs is 6. The number of rotatable bonds is 4. The standard InChI is InChI=1S/C19H15NO5.C14H12O.4C3H8.4C2H6.CH3.HI.V/c21-17-9-10-18(22)20(17)25-19(23)24-11-16-14-7-3-1-5-12(14)13-6-2-4-8-15(13)16;15-9-14-12-7-3-1-5-10(12)11-6-2-4-8-13(11)14;4*1-3-2;4*1-2;;;/h1-8,16H,9-11H2;1-8,14-15H,9H2;4*3H2,1-2H3;4*1-2H3;1H3;1H;/q;;;;;;;;;;-1;;. The Bertz CT molecular complexity index is 1580. The van der Waals surface area contributed by atoms with Gasteiger partial charge in [0.25, 0.3) is 11.8 Å². The molecule has 0 spiro atoms. The van der Waals surface area contributed by atoms with Crippen molar-refractivity contribution in [1.29, 1.82) is 0 Å². The van der Waals surface area contributed by atoms with Gasteiger partial charge in [0, 0.05) is 43.2 Å². The van der Waals surface area contributed by atoms with Crippen LogP contribution in [-0.2, 0) is 37.7 Å². The molecule has 9 heteroatoms. The van der Waals surface area contributed by atoms with Crippen LogP contribution in [0.3, 0.4) is 0 Å². The monoisotopic (exact) mass is 1020 g/mol. The summed E-state index contributed by atoms with van der Waals surface area (Å²) in [5, 5.41) is 9.94. The van der Waals surface area contributed by atoms with E-state index in [9.17, 15) is 19.5 Å². The van der Waals surface area contributed by atoms with Crippen molar-refractivity contribution in [2.45, 2.75) is 161 Å². The molecule has 2 amide bonds. The number of benzene rings is 4. The number of nitrogens with zero attached hydrogens (tertiary/aromatic N) is 1. The van der Waals surface area contributed by atoms with Crippen molar-refractivity contribution < 1.29 is 47.6 Å². The first-order valence-electron chi connectivity index (χ1n) is 22.9. The van der Waals surface area contributed by atoms with Gasteiger partial charge in [-0.05, 0) is 44.5 Å². The molecule has 7 rings (SSSR count). The average molecular weight is 1020 g/mol. The zero-order chi connectivity index (χ0) is 46.5. The molecule has 0 saturated carbocycles. The molecule has 2 aliphatic carbocycles. The molecule has 1 heterocycles. The Morgan fingerprint density at radius 3 is 1.02 bits per heavy atom. The number of hydrogen-bond acceptors (Lipinski definition) is 6. The van der Waals surface area contributed by atoms with E-state index in [0.29, 0.717) is 5.06 Å². The van der Waals surface area contributed by atoms with Gasteiger partial charge in [-0.3, -0.25) is 14.4 Å². The van der Waals surface area contributed by atoms with Gasteiger partial charge in [0.1, 0.15) is 6.61 Å². The number of ether oxygens (including phenoxy) is 1. The second kappa shape index (κ2) is 46.6. The molecule has 357 valence electrons. The molecular weight excluding hydrogens is 936 g/mol. The van der Waals surface area contributed by atoms with Gasteiger partial charge in [0.05, 0.1) is 6.61 Å². The first kappa shape index (κ1) is 71.2. The van der Waals surface area contributed by atoms with Gasteiger partial charge in [0.2, 0.25) is 0 Å². The SMILES string of the molecule is CC.CC.CC.CC.CCC.CCC.CCC.CCC.I.O=C(OCC1c2ccccc2-c2ccccc21)ON1C(=O)CCC1=O.OCC1c2ccccc2-c2ccccc21.[CH3-].[V]. The number of aliphatic hydroxyl groups is 1. The Kier molecular flexibility index (Phi) is 52.6. The van der Waals surface area contributed by atoms with Crippen LogP contribution in [0.15, 0.2) is 97.1 Å². The van der Waals surface area contributed by atoms with Crippen molar-refractivity contribution in [1.82, 2.24) is 5.06 Å². The normalized spacial score (nSPS) is 11.1. The largest absolute Gasteiger partial charge is 0.533 e. The molecular formula is C54H87INO6V-. The third-order valence-corrected chi connectivity index (χ3v) is 7.65. The van der Waals surface area contributed by atoms with Crippen LogP contribution in [0.1, 0.15) is 183 Å². The van der Waals surface area contributed by atoms with Crippen molar-refractivity contribution in [3.8, 4) is 22.3 Å². The minimum Gasteiger partial charge on any atom is -0.432 e. The molecule has 0 aromatic heterocycles. The van der Waals surface area contributed by atoms with Crippen LogP contribution in [0.4, 0.5) is 4.79 Å². The number of imide groups is 1. The molecule has 0 bridgehead atoms. The number of hydrogen-bond donors (Lipinski definition) is 1. The zero-order valence-electron chi connectivity index (χ0n) is 42.3. The summed E-state index contributed by atoms with van der Waals surface area (Å²) in [5.41, 5.74) is 9.42. The number of hydroxylamine groups is 2. The fourth-order valence-electron chi connectivity index (χ4n) is 5.81. The first-order valence-corrected chi connectivity index (χ1v) is 22.9. The summed E-state index contributed by atoms with van der Waals surface area (Å²) in [6.45, 7) is 33.3. The Morgan fingerprint density at radius 1 is 0.524 bits per heavy atom. The summed E-state index contributed by atoms with van der Waals surface area (Å²) in [6.07, 6.45) is 4.05. The summed E-state index contributed by atoms with van der Waals surface area (Å²) in [4.78, 5) is 39.6. The first-order chi connectivity index (χ1) is 29.2. The molecule has 4 aromatic carbocycles. The Hall–Kier alpha value is -3.44. The summed E-state index contributed by atoms with van der Waals surface area (Å²) < 4.78 is 5.19. The molecule has 1 N–H and O–H groups in total. The maximum atomic E-state index is 11.9. The van der Waals surface area contributed by atoms with Crippen molar-refractivity contribution in [2.75, 3.05) is 13.2 Å². The smallest absolute Gasteiger partial charge is 0.432 e. The summed E-state index contributed by atoms with van der Waals surface area (Å²) in [6, 6.07) is 32.5. The predicted octanol–water partition coefficient (Wildman–Crippen LogP) is 16.6. The van der Waals surface area contributed by atoms with Gasteiger partial charge >= 0.3 is 6.16 Å². The minimum atomic E-state index is -1.05. The number of carbonyl (C=O) groups excluding carboxylic acids is 3. The van der Waals surface area contributed by atoms with Crippen molar-refractivity contribution in [2.24, 2.45) is 0 Å². The molecule has 1 aliphatic heterocycles. The van der Waals surface area contributed by atoms with E-state index in [2.05, 4.69) is 91.8 Å². The van der Waals surface area contributed by atoms with Crippen LogP contribution < -0.4 is 0 Å². The quantitative estimate of drug-likeness (QED) is 0.0947. The van der Waals surface area contributed by atoms with Gasteiger partial charge in [-0.25, -0.2) is 4.79 Å². The molecule has 1 radical (unpaired) electrons. The summed E-state index contributed by atoms with van der Waals surface area (Å²) in [7, 11) is 0. The molecule has 7 nitrogen and oxygen atoms in total. The van der Waals surface area contributed by atoms with Gasteiger partial charge in [-0.15, -0.1) is 24.0 Å².